The Hall–Kier alpha value is -3.06. The molecule has 0 aliphatic heterocycles. The second kappa shape index (κ2) is 5.24. The smallest absolute Gasteiger partial charge is 0.138 e. The summed E-state index contributed by atoms with van der Waals surface area (Å²) in [7, 11) is 0. The topological polar surface area (TPSA) is 13.1 Å². The molecule has 0 atom stereocenters. The minimum Gasteiger partial charge on any atom is -0.456 e. The van der Waals surface area contributed by atoms with Crippen molar-refractivity contribution in [3.63, 3.8) is 0 Å². The molecule has 0 spiro atoms. The average Bonchev–Trinajstić information content (AvgIpc) is 3.03. The van der Waals surface area contributed by atoms with Gasteiger partial charge in [0.2, 0.25) is 0 Å². The lowest BCUT2D eigenvalue weighted by molar-refractivity contribution is 0.664. The zero-order chi connectivity index (χ0) is 15.9. The van der Waals surface area contributed by atoms with Crippen LogP contribution in [0.4, 0.5) is 0 Å². The molecule has 1 aromatic heterocycles. The van der Waals surface area contributed by atoms with Gasteiger partial charge < -0.3 is 4.42 Å². The van der Waals surface area contributed by atoms with Crippen molar-refractivity contribution in [2.45, 2.75) is 6.42 Å². The highest BCUT2D eigenvalue weighted by Gasteiger charge is 2.13. The SMILES string of the molecule is c1ccc(Cc2cccc3c2oc2ccc4ccccc4c23)cc1. The van der Waals surface area contributed by atoms with Crippen molar-refractivity contribution in [3.05, 3.63) is 96.1 Å². The first-order valence-electron chi connectivity index (χ1n) is 8.26. The quantitative estimate of drug-likeness (QED) is 0.371. The first-order valence-corrected chi connectivity index (χ1v) is 8.26. The molecular formula is C23H16O. The van der Waals surface area contributed by atoms with Gasteiger partial charge >= 0.3 is 0 Å². The predicted octanol–water partition coefficient (Wildman–Crippen LogP) is 6.33. The largest absolute Gasteiger partial charge is 0.456 e. The molecular weight excluding hydrogens is 292 g/mol. The summed E-state index contributed by atoms with van der Waals surface area (Å²) >= 11 is 0. The Bertz CT molecular complexity index is 1170. The number of furan rings is 1. The minimum atomic E-state index is 0.885. The van der Waals surface area contributed by atoms with E-state index < -0.39 is 0 Å². The normalized spacial score (nSPS) is 11.5. The van der Waals surface area contributed by atoms with Gasteiger partial charge in [-0.2, -0.15) is 0 Å². The van der Waals surface area contributed by atoms with E-state index in [1.807, 2.05) is 0 Å². The number of fused-ring (bicyclic) bond motifs is 5. The van der Waals surface area contributed by atoms with Crippen LogP contribution in [-0.2, 0) is 6.42 Å². The Morgan fingerprint density at radius 3 is 2.33 bits per heavy atom. The fourth-order valence-corrected chi connectivity index (χ4v) is 3.58. The van der Waals surface area contributed by atoms with Gasteiger partial charge in [0.25, 0.3) is 0 Å². The van der Waals surface area contributed by atoms with Crippen LogP contribution in [0.3, 0.4) is 0 Å². The van der Waals surface area contributed by atoms with Gasteiger partial charge in [-0.1, -0.05) is 78.9 Å². The molecule has 0 bridgehead atoms. The third kappa shape index (κ3) is 2.02. The van der Waals surface area contributed by atoms with E-state index in [0.29, 0.717) is 0 Å². The highest BCUT2D eigenvalue weighted by molar-refractivity contribution is 6.19. The van der Waals surface area contributed by atoms with Gasteiger partial charge in [-0.25, -0.2) is 0 Å². The summed E-state index contributed by atoms with van der Waals surface area (Å²) in [5.41, 5.74) is 4.51. The van der Waals surface area contributed by atoms with Gasteiger partial charge in [-0.05, 0) is 28.0 Å². The number of rotatable bonds is 2. The number of benzene rings is 4. The molecule has 0 N–H and O–H groups in total. The summed E-state index contributed by atoms with van der Waals surface area (Å²) in [5.74, 6) is 0. The lowest BCUT2D eigenvalue weighted by Gasteiger charge is -2.02. The molecule has 0 saturated carbocycles. The van der Waals surface area contributed by atoms with Crippen molar-refractivity contribution < 1.29 is 4.42 Å². The molecule has 1 nitrogen and oxygen atoms in total. The second-order valence-corrected chi connectivity index (χ2v) is 6.22. The number of para-hydroxylation sites is 1. The lowest BCUT2D eigenvalue weighted by atomic mass is 10.00. The standard InChI is InChI=1S/C23H16O/c1-2-7-16(8-3-1)15-18-10-6-12-20-22-19-11-5-4-9-17(19)13-14-21(22)24-23(18)20/h1-14H,15H2. The third-order valence-corrected chi connectivity index (χ3v) is 4.71. The maximum atomic E-state index is 6.26. The van der Waals surface area contributed by atoms with Crippen molar-refractivity contribution in [1.82, 2.24) is 0 Å². The molecule has 0 fully saturated rings. The highest BCUT2D eigenvalue weighted by atomic mass is 16.3. The summed E-state index contributed by atoms with van der Waals surface area (Å²) in [4.78, 5) is 0. The molecule has 0 unspecified atom stereocenters. The molecule has 0 saturated heterocycles. The van der Waals surface area contributed by atoms with Gasteiger partial charge in [0.15, 0.2) is 0 Å². The molecule has 1 heterocycles. The van der Waals surface area contributed by atoms with E-state index in [1.54, 1.807) is 0 Å². The molecule has 5 rings (SSSR count). The monoisotopic (exact) mass is 308 g/mol. The van der Waals surface area contributed by atoms with Crippen LogP contribution in [0.2, 0.25) is 0 Å². The summed E-state index contributed by atoms with van der Waals surface area (Å²) in [5, 5.41) is 4.93. The maximum absolute atomic E-state index is 6.26. The van der Waals surface area contributed by atoms with Gasteiger partial charge in [0.1, 0.15) is 11.2 Å². The Kier molecular flexibility index (Phi) is 2.92. The van der Waals surface area contributed by atoms with E-state index in [-0.39, 0.29) is 0 Å². The molecule has 0 radical (unpaired) electrons. The van der Waals surface area contributed by atoms with Crippen LogP contribution >= 0.6 is 0 Å². The van der Waals surface area contributed by atoms with Crippen LogP contribution in [0.1, 0.15) is 11.1 Å². The minimum absolute atomic E-state index is 0.885. The van der Waals surface area contributed by atoms with E-state index in [9.17, 15) is 0 Å². The molecule has 4 aromatic carbocycles. The predicted molar refractivity (Wildman–Crippen MR) is 100 cm³/mol. The van der Waals surface area contributed by atoms with E-state index >= 15 is 0 Å². The maximum Gasteiger partial charge on any atom is 0.138 e. The fraction of sp³-hybridized carbons (Fsp3) is 0.0435. The Morgan fingerprint density at radius 2 is 1.42 bits per heavy atom. The molecule has 0 aliphatic carbocycles. The summed E-state index contributed by atoms with van der Waals surface area (Å²) in [6.45, 7) is 0. The zero-order valence-corrected chi connectivity index (χ0v) is 13.2. The first-order chi connectivity index (χ1) is 11.9. The molecule has 24 heavy (non-hydrogen) atoms. The second-order valence-electron chi connectivity index (χ2n) is 6.22. The molecule has 114 valence electrons. The van der Waals surface area contributed by atoms with E-state index in [1.165, 1.54) is 32.7 Å². The van der Waals surface area contributed by atoms with E-state index in [4.69, 9.17) is 4.42 Å². The van der Waals surface area contributed by atoms with Crippen LogP contribution in [0.5, 0.6) is 0 Å². The average molecular weight is 308 g/mol. The molecule has 0 amide bonds. The van der Waals surface area contributed by atoms with Gasteiger partial charge in [0, 0.05) is 17.2 Å². The van der Waals surface area contributed by atoms with Crippen molar-refractivity contribution in [3.8, 4) is 0 Å². The Balaban J connectivity index is 1.80. The number of hydrogen-bond donors (Lipinski definition) is 0. The van der Waals surface area contributed by atoms with Crippen LogP contribution in [0, 0.1) is 0 Å². The summed E-state index contributed by atoms with van der Waals surface area (Å²) in [6.07, 6.45) is 0.885. The highest BCUT2D eigenvalue weighted by Crippen LogP contribution is 2.36. The third-order valence-electron chi connectivity index (χ3n) is 4.71. The lowest BCUT2D eigenvalue weighted by Crippen LogP contribution is -1.87. The van der Waals surface area contributed by atoms with Gasteiger partial charge in [-0.15, -0.1) is 0 Å². The van der Waals surface area contributed by atoms with E-state index in [2.05, 4.69) is 84.9 Å². The van der Waals surface area contributed by atoms with Crippen LogP contribution < -0.4 is 0 Å². The molecule has 1 heteroatoms. The van der Waals surface area contributed by atoms with Gasteiger partial charge in [-0.3, -0.25) is 0 Å². The van der Waals surface area contributed by atoms with Crippen molar-refractivity contribution in [2.24, 2.45) is 0 Å². The Morgan fingerprint density at radius 1 is 0.625 bits per heavy atom. The Labute approximate surface area is 140 Å². The van der Waals surface area contributed by atoms with Crippen LogP contribution in [0.15, 0.2) is 89.3 Å². The van der Waals surface area contributed by atoms with Crippen molar-refractivity contribution >= 4 is 32.7 Å². The summed E-state index contributed by atoms with van der Waals surface area (Å²) < 4.78 is 6.26. The molecule has 5 aromatic rings. The summed E-state index contributed by atoms with van der Waals surface area (Å²) in [6, 6.07) is 29.7. The molecule has 0 aliphatic rings. The van der Waals surface area contributed by atoms with E-state index in [0.717, 1.165) is 17.6 Å². The van der Waals surface area contributed by atoms with Crippen LogP contribution in [-0.4, -0.2) is 0 Å². The first kappa shape index (κ1) is 13.4. The zero-order valence-electron chi connectivity index (χ0n) is 13.2. The van der Waals surface area contributed by atoms with Crippen molar-refractivity contribution in [2.75, 3.05) is 0 Å². The van der Waals surface area contributed by atoms with Crippen LogP contribution in [0.25, 0.3) is 32.7 Å². The fourth-order valence-electron chi connectivity index (χ4n) is 3.58. The van der Waals surface area contributed by atoms with Crippen molar-refractivity contribution in [1.29, 1.82) is 0 Å². The number of hydrogen-bond acceptors (Lipinski definition) is 1. The van der Waals surface area contributed by atoms with Gasteiger partial charge in [0.05, 0.1) is 0 Å².